The van der Waals surface area contributed by atoms with Crippen LogP contribution in [0.1, 0.15) is 18.9 Å². The largest absolute Gasteiger partial charge is 0.492 e. The molecule has 0 atom stereocenters. The van der Waals surface area contributed by atoms with Crippen LogP contribution in [0.15, 0.2) is 64.6 Å². The molecule has 0 spiro atoms. The first kappa shape index (κ1) is 19.9. The SMILES string of the molecule is CCCOc1ccc(/C=N\Nc2cnn(-c3ccccc3)c(=O)c2Cl)cc1Cl. The highest BCUT2D eigenvalue weighted by Crippen LogP contribution is 2.25. The molecule has 1 heterocycles. The molecule has 0 amide bonds. The van der Waals surface area contributed by atoms with Crippen LogP contribution in [0.5, 0.6) is 5.75 Å². The normalized spacial score (nSPS) is 11.0. The highest BCUT2D eigenvalue weighted by molar-refractivity contribution is 6.33. The number of hydrogen-bond donors (Lipinski definition) is 1. The van der Waals surface area contributed by atoms with Crippen LogP contribution in [-0.4, -0.2) is 22.6 Å². The van der Waals surface area contributed by atoms with Gasteiger partial charge in [0.15, 0.2) is 0 Å². The zero-order chi connectivity index (χ0) is 19.9. The van der Waals surface area contributed by atoms with E-state index in [1.807, 2.05) is 31.2 Å². The van der Waals surface area contributed by atoms with Crippen molar-refractivity contribution >= 4 is 35.1 Å². The standard InChI is InChI=1S/C20H18Cl2N4O2/c1-2-10-28-18-9-8-14(11-16(18)21)12-23-25-17-13-24-26(20(27)19(17)22)15-6-4-3-5-7-15/h3-9,11-13,25H,2,10H2,1H3/b23-12-. The Balaban J connectivity index is 1.73. The van der Waals surface area contributed by atoms with Gasteiger partial charge in [-0.3, -0.25) is 10.2 Å². The zero-order valence-corrected chi connectivity index (χ0v) is 16.6. The van der Waals surface area contributed by atoms with E-state index in [2.05, 4.69) is 15.6 Å². The van der Waals surface area contributed by atoms with E-state index in [0.29, 0.717) is 28.8 Å². The molecule has 28 heavy (non-hydrogen) atoms. The van der Waals surface area contributed by atoms with Crippen LogP contribution in [0.25, 0.3) is 5.69 Å². The van der Waals surface area contributed by atoms with E-state index in [1.165, 1.54) is 10.9 Å². The number of para-hydroxylation sites is 1. The number of anilines is 1. The summed E-state index contributed by atoms with van der Waals surface area (Å²) in [5.41, 5.74) is 4.01. The molecular weight excluding hydrogens is 399 g/mol. The summed E-state index contributed by atoms with van der Waals surface area (Å²) in [4.78, 5) is 12.4. The van der Waals surface area contributed by atoms with Gasteiger partial charge in [-0.2, -0.15) is 14.9 Å². The van der Waals surface area contributed by atoms with Crippen LogP contribution in [0.4, 0.5) is 5.69 Å². The Morgan fingerprint density at radius 3 is 2.71 bits per heavy atom. The molecule has 3 rings (SSSR count). The van der Waals surface area contributed by atoms with Gasteiger partial charge in [0.1, 0.15) is 16.5 Å². The summed E-state index contributed by atoms with van der Waals surface area (Å²) >= 11 is 12.4. The Bertz CT molecular complexity index is 1040. The molecule has 8 heteroatoms. The molecule has 3 aromatic rings. The molecular formula is C20H18Cl2N4O2. The Hall–Kier alpha value is -2.83. The van der Waals surface area contributed by atoms with Crippen LogP contribution in [0, 0.1) is 0 Å². The van der Waals surface area contributed by atoms with Gasteiger partial charge < -0.3 is 4.74 Å². The molecule has 144 valence electrons. The monoisotopic (exact) mass is 416 g/mol. The van der Waals surface area contributed by atoms with Crippen molar-refractivity contribution in [2.24, 2.45) is 5.10 Å². The minimum atomic E-state index is -0.437. The highest BCUT2D eigenvalue weighted by atomic mass is 35.5. The molecule has 0 radical (unpaired) electrons. The molecule has 1 aromatic heterocycles. The number of nitrogens with zero attached hydrogens (tertiary/aromatic N) is 3. The van der Waals surface area contributed by atoms with Crippen molar-refractivity contribution in [1.29, 1.82) is 0 Å². The lowest BCUT2D eigenvalue weighted by Crippen LogP contribution is -2.22. The van der Waals surface area contributed by atoms with E-state index < -0.39 is 5.56 Å². The van der Waals surface area contributed by atoms with Gasteiger partial charge in [-0.05, 0) is 42.3 Å². The van der Waals surface area contributed by atoms with Crippen molar-refractivity contribution in [2.75, 3.05) is 12.0 Å². The van der Waals surface area contributed by atoms with E-state index >= 15 is 0 Å². The number of rotatable bonds is 7. The van der Waals surface area contributed by atoms with Crippen LogP contribution < -0.4 is 15.7 Å². The van der Waals surface area contributed by atoms with Gasteiger partial charge in [-0.1, -0.05) is 48.3 Å². The third-order valence-electron chi connectivity index (χ3n) is 3.74. The lowest BCUT2D eigenvalue weighted by Gasteiger charge is -2.08. The van der Waals surface area contributed by atoms with Crippen molar-refractivity contribution < 1.29 is 4.74 Å². The fraction of sp³-hybridized carbons (Fsp3) is 0.150. The van der Waals surface area contributed by atoms with Crippen molar-refractivity contribution in [1.82, 2.24) is 9.78 Å². The second kappa shape index (κ2) is 9.39. The number of halogens is 2. The number of hydrogen-bond acceptors (Lipinski definition) is 5. The predicted octanol–water partition coefficient (Wildman–Crippen LogP) is 4.77. The summed E-state index contributed by atoms with van der Waals surface area (Å²) in [6.45, 7) is 2.63. The minimum absolute atomic E-state index is 0.00245. The molecule has 0 saturated carbocycles. The fourth-order valence-corrected chi connectivity index (χ4v) is 2.78. The summed E-state index contributed by atoms with van der Waals surface area (Å²) in [5, 5.41) is 8.74. The lowest BCUT2D eigenvalue weighted by molar-refractivity contribution is 0.317. The molecule has 1 N–H and O–H groups in total. The summed E-state index contributed by atoms with van der Waals surface area (Å²) in [6, 6.07) is 14.4. The van der Waals surface area contributed by atoms with Crippen LogP contribution in [-0.2, 0) is 0 Å². The third kappa shape index (κ3) is 4.71. The summed E-state index contributed by atoms with van der Waals surface area (Å²) in [7, 11) is 0. The van der Waals surface area contributed by atoms with Gasteiger partial charge in [0.05, 0.1) is 29.7 Å². The van der Waals surface area contributed by atoms with Crippen LogP contribution in [0.3, 0.4) is 0 Å². The predicted molar refractivity (Wildman–Crippen MR) is 113 cm³/mol. The second-order valence-electron chi connectivity index (χ2n) is 5.83. The van der Waals surface area contributed by atoms with Gasteiger partial charge in [-0.15, -0.1) is 0 Å². The Morgan fingerprint density at radius 2 is 2.00 bits per heavy atom. The lowest BCUT2D eigenvalue weighted by atomic mass is 10.2. The van der Waals surface area contributed by atoms with Crippen molar-refractivity contribution in [3.8, 4) is 11.4 Å². The quantitative estimate of drug-likeness (QED) is 0.444. The molecule has 0 fully saturated rings. The van der Waals surface area contributed by atoms with E-state index in [4.69, 9.17) is 27.9 Å². The first-order valence-corrected chi connectivity index (χ1v) is 9.40. The smallest absolute Gasteiger partial charge is 0.292 e. The van der Waals surface area contributed by atoms with Crippen molar-refractivity contribution in [3.05, 3.63) is 80.7 Å². The van der Waals surface area contributed by atoms with Crippen molar-refractivity contribution in [2.45, 2.75) is 13.3 Å². The number of aromatic nitrogens is 2. The number of nitrogens with one attached hydrogen (secondary N) is 1. The average Bonchev–Trinajstić information content (AvgIpc) is 2.71. The first-order valence-electron chi connectivity index (χ1n) is 8.65. The van der Waals surface area contributed by atoms with Crippen molar-refractivity contribution in [3.63, 3.8) is 0 Å². The molecule has 0 unspecified atom stereocenters. The maximum absolute atomic E-state index is 12.4. The number of benzene rings is 2. The van der Waals surface area contributed by atoms with E-state index in [9.17, 15) is 4.79 Å². The van der Waals surface area contributed by atoms with E-state index in [-0.39, 0.29) is 5.02 Å². The molecule has 0 bridgehead atoms. The van der Waals surface area contributed by atoms with Crippen LogP contribution in [0.2, 0.25) is 10.0 Å². The maximum Gasteiger partial charge on any atom is 0.292 e. The van der Waals surface area contributed by atoms with Gasteiger partial charge in [0, 0.05) is 0 Å². The molecule has 0 aliphatic rings. The molecule has 0 saturated heterocycles. The topological polar surface area (TPSA) is 68.5 Å². The average molecular weight is 417 g/mol. The molecule has 0 aliphatic heterocycles. The van der Waals surface area contributed by atoms with Gasteiger partial charge in [0.25, 0.3) is 5.56 Å². The molecule has 6 nitrogen and oxygen atoms in total. The van der Waals surface area contributed by atoms with E-state index in [0.717, 1.165) is 12.0 Å². The Morgan fingerprint density at radius 1 is 1.21 bits per heavy atom. The zero-order valence-electron chi connectivity index (χ0n) is 15.1. The van der Waals surface area contributed by atoms with Gasteiger partial charge in [0.2, 0.25) is 0 Å². The molecule has 2 aromatic carbocycles. The minimum Gasteiger partial charge on any atom is -0.492 e. The maximum atomic E-state index is 12.4. The van der Waals surface area contributed by atoms with Gasteiger partial charge in [-0.25, -0.2) is 0 Å². The number of hydrazone groups is 1. The summed E-state index contributed by atoms with van der Waals surface area (Å²) in [6.07, 6.45) is 3.92. The molecule has 0 aliphatic carbocycles. The summed E-state index contributed by atoms with van der Waals surface area (Å²) < 4.78 is 6.76. The fourth-order valence-electron chi connectivity index (χ4n) is 2.37. The second-order valence-corrected chi connectivity index (χ2v) is 6.62. The third-order valence-corrected chi connectivity index (χ3v) is 4.40. The van der Waals surface area contributed by atoms with Gasteiger partial charge >= 0.3 is 0 Å². The number of ether oxygens (including phenoxy) is 1. The van der Waals surface area contributed by atoms with Crippen LogP contribution >= 0.6 is 23.2 Å². The Kier molecular flexibility index (Phi) is 6.68. The Labute approximate surface area is 172 Å². The highest BCUT2D eigenvalue weighted by Gasteiger charge is 2.10. The summed E-state index contributed by atoms with van der Waals surface area (Å²) in [5.74, 6) is 0.630. The van der Waals surface area contributed by atoms with E-state index in [1.54, 1.807) is 30.5 Å². The first-order chi connectivity index (χ1) is 13.6.